The number of aromatic nitrogens is 1. The van der Waals surface area contributed by atoms with Crippen molar-refractivity contribution in [3.8, 4) is 0 Å². The monoisotopic (exact) mass is 295 g/mol. The Morgan fingerprint density at radius 1 is 1.21 bits per heavy atom. The number of rotatable bonds is 3. The summed E-state index contributed by atoms with van der Waals surface area (Å²) in [6, 6.07) is 7.01. The van der Waals surface area contributed by atoms with Crippen LogP contribution in [-0.2, 0) is 6.42 Å². The van der Waals surface area contributed by atoms with Crippen molar-refractivity contribution in [3.05, 3.63) is 57.2 Å². The third kappa shape index (κ3) is 3.00. The first-order chi connectivity index (χ1) is 9.00. The molecule has 4 N–H and O–H groups in total. The van der Waals surface area contributed by atoms with Crippen molar-refractivity contribution in [2.24, 2.45) is 5.73 Å². The number of halogens is 2. The zero-order valence-corrected chi connectivity index (χ0v) is 12.0. The van der Waals surface area contributed by atoms with Gasteiger partial charge in [-0.05, 0) is 42.7 Å². The van der Waals surface area contributed by atoms with Crippen molar-refractivity contribution in [3.63, 3.8) is 0 Å². The minimum Gasteiger partial charge on any atom is -0.383 e. The molecule has 3 nitrogen and oxygen atoms in total. The Bertz CT molecular complexity index is 559. The quantitative estimate of drug-likeness (QED) is 0.910. The molecular formula is C14H15Cl2N3. The van der Waals surface area contributed by atoms with Gasteiger partial charge in [-0.1, -0.05) is 29.3 Å². The summed E-state index contributed by atoms with van der Waals surface area (Å²) in [5, 5.41) is 1.23. The predicted molar refractivity (Wildman–Crippen MR) is 80.5 cm³/mol. The summed E-state index contributed by atoms with van der Waals surface area (Å²) in [5.41, 5.74) is 14.8. The van der Waals surface area contributed by atoms with E-state index in [1.54, 1.807) is 18.3 Å². The number of aryl methyl sites for hydroxylation is 1. The molecule has 0 spiro atoms. The second kappa shape index (κ2) is 5.78. The molecular weight excluding hydrogens is 281 g/mol. The second-order valence-corrected chi connectivity index (χ2v) is 5.25. The summed E-state index contributed by atoms with van der Waals surface area (Å²) < 4.78 is 0. The molecule has 1 aromatic carbocycles. The fourth-order valence-corrected chi connectivity index (χ4v) is 2.67. The van der Waals surface area contributed by atoms with E-state index in [2.05, 4.69) is 4.98 Å². The highest BCUT2D eigenvalue weighted by Gasteiger charge is 2.17. The van der Waals surface area contributed by atoms with Gasteiger partial charge in [0.15, 0.2) is 0 Å². The van der Waals surface area contributed by atoms with Gasteiger partial charge in [0.05, 0.1) is 0 Å². The summed E-state index contributed by atoms with van der Waals surface area (Å²) in [7, 11) is 0. The zero-order valence-electron chi connectivity index (χ0n) is 10.5. The molecule has 1 atom stereocenters. The van der Waals surface area contributed by atoms with Crippen LogP contribution in [-0.4, -0.2) is 4.98 Å². The number of nitrogen functional groups attached to an aromatic ring is 1. The van der Waals surface area contributed by atoms with Crippen LogP contribution in [0.5, 0.6) is 0 Å². The van der Waals surface area contributed by atoms with Crippen LogP contribution in [0.1, 0.15) is 22.7 Å². The summed E-state index contributed by atoms with van der Waals surface area (Å²) >= 11 is 12.3. The maximum Gasteiger partial charge on any atom is 0.128 e. The summed E-state index contributed by atoms with van der Waals surface area (Å²) in [5.74, 6) is 0.454. The standard InChI is InChI=1S/C14H15Cl2N3/c1-8-5-6-19-14(18)13(8)12(17)7-9-10(15)3-2-4-11(9)16/h2-6,12H,7,17H2,1H3,(H2,18,19). The molecule has 1 aromatic heterocycles. The third-order valence-corrected chi connectivity index (χ3v) is 3.80. The van der Waals surface area contributed by atoms with Crippen LogP contribution in [0.2, 0.25) is 10.0 Å². The first kappa shape index (κ1) is 14.1. The minimum atomic E-state index is -0.286. The Morgan fingerprint density at radius 3 is 2.42 bits per heavy atom. The van der Waals surface area contributed by atoms with Gasteiger partial charge < -0.3 is 11.5 Å². The van der Waals surface area contributed by atoms with E-state index in [1.807, 2.05) is 19.1 Å². The lowest BCUT2D eigenvalue weighted by molar-refractivity contribution is 0.716. The largest absolute Gasteiger partial charge is 0.383 e. The fraction of sp³-hybridized carbons (Fsp3) is 0.214. The van der Waals surface area contributed by atoms with Crippen molar-refractivity contribution in [1.82, 2.24) is 4.98 Å². The van der Waals surface area contributed by atoms with Crippen molar-refractivity contribution in [2.45, 2.75) is 19.4 Å². The topological polar surface area (TPSA) is 64.9 Å². The minimum absolute atomic E-state index is 0.286. The van der Waals surface area contributed by atoms with Gasteiger partial charge in [0.1, 0.15) is 5.82 Å². The first-order valence-corrected chi connectivity index (χ1v) is 6.65. The molecule has 2 aromatic rings. The Balaban J connectivity index is 2.34. The first-order valence-electron chi connectivity index (χ1n) is 5.90. The molecule has 5 heteroatoms. The molecule has 19 heavy (non-hydrogen) atoms. The highest BCUT2D eigenvalue weighted by molar-refractivity contribution is 6.36. The molecule has 0 aliphatic heterocycles. The average molecular weight is 296 g/mol. The molecule has 0 saturated heterocycles. The summed E-state index contributed by atoms with van der Waals surface area (Å²) in [6.07, 6.45) is 2.19. The van der Waals surface area contributed by atoms with E-state index in [0.717, 1.165) is 16.7 Å². The van der Waals surface area contributed by atoms with Gasteiger partial charge in [-0.25, -0.2) is 4.98 Å². The lowest BCUT2D eigenvalue weighted by Crippen LogP contribution is -2.17. The number of nitrogens with two attached hydrogens (primary N) is 2. The van der Waals surface area contributed by atoms with Gasteiger partial charge in [0.2, 0.25) is 0 Å². The fourth-order valence-electron chi connectivity index (χ4n) is 2.12. The Labute approximate surface area is 122 Å². The molecule has 100 valence electrons. The van der Waals surface area contributed by atoms with E-state index in [0.29, 0.717) is 22.3 Å². The predicted octanol–water partition coefficient (Wildman–Crippen LogP) is 3.52. The van der Waals surface area contributed by atoms with E-state index < -0.39 is 0 Å². The third-order valence-electron chi connectivity index (χ3n) is 3.10. The lowest BCUT2D eigenvalue weighted by Gasteiger charge is -2.17. The van der Waals surface area contributed by atoms with Crippen LogP contribution in [0.4, 0.5) is 5.82 Å². The van der Waals surface area contributed by atoms with Gasteiger partial charge in [-0.3, -0.25) is 0 Å². The van der Waals surface area contributed by atoms with E-state index in [1.165, 1.54) is 0 Å². The van der Waals surface area contributed by atoms with Crippen LogP contribution in [0.25, 0.3) is 0 Å². The van der Waals surface area contributed by atoms with Crippen molar-refractivity contribution >= 4 is 29.0 Å². The summed E-state index contributed by atoms with van der Waals surface area (Å²) in [4.78, 5) is 4.08. The van der Waals surface area contributed by atoms with Gasteiger partial charge in [0, 0.05) is 27.8 Å². The molecule has 2 rings (SSSR count). The van der Waals surface area contributed by atoms with Crippen LogP contribution in [0, 0.1) is 6.92 Å². The smallest absolute Gasteiger partial charge is 0.128 e. The van der Waals surface area contributed by atoms with Crippen LogP contribution < -0.4 is 11.5 Å². The number of anilines is 1. The Hall–Kier alpha value is -1.29. The van der Waals surface area contributed by atoms with E-state index in [9.17, 15) is 0 Å². The molecule has 0 amide bonds. The van der Waals surface area contributed by atoms with Crippen LogP contribution in [0.3, 0.4) is 0 Å². The normalized spacial score (nSPS) is 12.4. The van der Waals surface area contributed by atoms with E-state index in [-0.39, 0.29) is 6.04 Å². The molecule has 0 radical (unpaired) electrons. The van der Waals surface area contributed by atoms with Gasteiger partial charge in [0.25, 0.3) is 0 Å². The van der Waals surface area contributed by atoms with E-state index >= 15 is 0 Å². The average Bonchev–Trinajstić information content (AvgIpc) is 2.34. The highest BCUT2D eigenvalue weighted by atomic mass is 35.5. The zero-order chi connectivity index (χ0) is 14.0. The van der Waals surface area contributed by atoms with Crippen molar-refractivity contribution in [2.75, 3.05) is 5.73 Å². The lowest BCUT2D eigenvalue weighted by atomic mass is 9.97. The van der Waals surface area contributed by atoms with Gasteiger partial charge in [-0.15, -0.1) is 0 Å². The van der Waals surface area contributed by atoms with E-state index in [4.69, 9.17) is 34.7 Å². The molecule has 0 saturated carbocycles. The number of benzene rings is 1. The Kier molecular flexibility index (Phi) is 4.30. The molecule has 0 aliphatic rings. The maximum atomic E-state index is 6.23. The van der Waals surface area contributed by atoms with Crippen molar-refractivity contribution < 1.29 is 0 Å². The molecule has 1 heterocycles. The number of hydrogen-bond donors (Lipinski definition) is 2. The van der Waals surface area contributed by atoms with Crippen LogP contribution in [0.15, 0.2) is 30.5 Å². The maximum absolute atomic E-state index is 6.23. The summed E-state index contributed by atoms with van der Waals surface area (Å²) in [6.45, 7) is 1.96. The molecule has 0 fully saturated rings. The number of nitrogens with zero attached hydrogens (tertiary/aromatic N) is 1. The van der Waals surface area contributed by atoms with Gasteiger partial charge >= 0.3 is 0 Å². The number of pyridine rings is 1. The van der Waals surface area contributed by atoms with Gasteiger partial charge in [-0.2, -0.15) is 0 Å². The molecule has 0 aliphatic carbocycles. The number of hydrogen-bond acceptors (Lipinski definition) is 3. The second-order valence-electron chi connectivity index (χ2n) is 4.44. The van der Waals surface area contributed by atoms with Crippen LogP contribution >= 0.6 is 23.2 Å². The molecule has 0 bridgehead atoms. The Morgan fingerprint density at radius 2 is 1.84 bits per heavy atom. The SMILES string of the molecule is Cc1ccnc(N)c1C(N)Cc1c(Cl)cccc1Cl. The van der Waals surface area contributed by atoms with Crippen molar-refractivity contribution in [1.29, 1.82) is 0 Å². The molecule has 1 unspecified atom stereocenters. The highest BCUT2D eigenvalue weighted by Crippen LogP contribution is 2.30.